The van der Waals surface area contributed by atoms with Crippen LogP contribution in [0.4, 0.5) is 5.82 Å². The molecule has 2 bridgehead atoms. The summed E-state index contributed by atoms with van der Waals surface area (Å²) in [6.07, 6.45) is 9.17. The molecule has 0 saturated carbocycles. The van der Waals surface area contributed by atoms with E-state index in [0.29, 0.717) is 22.7 Å². The summed E-state index contributed by atoms with van der Waals surface area (Å²) in [7, 11) is 0. The van der Waals surface area contributed by atoms with E-state index in [1.165, 1.54) is 12.8 Å². The maximum absolute atomic E-state index is 12.5. The molecule has 3 heterocycles. The van der Waals surface area contributed by atoms with Crippen molar-refractivity contribution in [2.45, 2.75) is 62.5 Å². The summed E-state index contributed by atoms with van der Waals surface area (Å²) < 4.78 is 1.79. The Hall–Kier alpha value is -0.840. The van der Waals surface area contributed by atoms with Crippen LogP contribution in [0.2, 0.25) is 0 Å². The molecule has 2 atom stereocenters. The van der Waals surface area contributed by atoms with Crippen molar-refractivity contribution in [2.75, 3.05) is 4.90 Å². The van der Waals surface area contributed by atoms with Gasteiger partial charge >= 0.3 is 0 Å². The summed E-state index contributed by atoms with van der Waals surface area (Å²) >= 11 is 3.74. The number of hydrogen-bond donors (Lipinski definition) is 0. The van der Waals surface area contributed by atoms with Crippen LogP contribution in [0.25, 0.3) is 0 Å². The smallest absolute Gasteiger partial charge is 0.293 e. The van der Waals surface area contributed by atoms with E-state index in [0.717, 1.165) is 25.8 Å². The highest BCUT2D eigenvalue weighted by Gasteiger charge is 2.41. The average molecular weight is 326 g/mol. The van der Waals surface area contributed by atoms with E-state index in [4.69, 9.17) is 0 Å². The van der Waals surface area contributed by atoms with Crippen LogP contribution in [0.15, 0.2) is 17.2 Å². The van der Waals surface area contributed by atoms with Crippen molar-refractivity contribution in [1.29, 1.82) is 0 Å². The van der Waals surface area contributed by atoms with Gasteiger partial charge in [0.05, 0.1) is 0 Å². The van der Waals surface area contributed by atoms with Crippen LogP contribution < -0.4 is 10.5 Å². The second-order valence-electron chi connectivity index (χ2n) is 5.61. The highest BCUT2D eigenvalue weighted by molar-refractivity contribution is 9.09. The Bertz CT molecular complexity index is 502. The van der Waals surface area contributed by atoms with E-state index in [2.05, 4.69) is 32.7 Å². The average Bonchev–Trinajstić information content (AvgIpc) is 2.65. The lowest BCUT2D eigenvalue weighted by molar-refractivity contribution is 0.474. The number of rotatable bonds is 3. The fraction of sp³-hybridized carbons (Fsp3) is 0.714. The van der Waals surface area contributed by atoms with Gasteiger partial charge in [0.2, 0.25) is 0 Å². The molecule has 2 unspecified atom stereocenters. The molecular weight excluding hydrogens is 306 g/mol. The van der Waals surface area contributed by atoms with Crippen molar-refractivity contribution in [2.24, 2.45) is 0 Å². The van der Waals surface area contributed by atoms with Crippen molar-refractivity contribution in [3.8, 4) is 0 Å². The van der Waals surface area contributed by atoms with E-state index in [1.807, 2.05) is 0 Å². The van der Waals surface area contributed by atoms with Crippen LogP contribution in [0, 0.1) is 0 Å². The SMILES string of the molecule is CCCn1ccnc(N2C3CCC2CC(Br)C3)c1=O. The van der Waals surface area contributed by atoms with Crippen molar-refractivity contribution in [1.82, 2.24) is 9.55 Å². The second kappa shape index (κ2) is 5.27. The Morgan fingerprint density at radius 3 is 2.68 bits per heavy atom. The minimum Gasteiger partial charge on any atom is -0.346 e. The number of nitrogens with zero attached hydrogens (tertiary/aromatic N) is 3. The number of halogens is 1. The molecule has 5 heteroatoms. The van der Waals surface area contributed by atoms with Crippen LogP contribution in [-0.4, -0.2) is 26.5 Å². The molecule has 19 heavy (non-hydrogen) atoms. The lowest BCUT2D eigenvalue weighted by atomic mass is 10.0. The van der Waals surface area contributed by atoms with Gasteiger partial charge in [-0.2, -0.15) is 0 Å². The summed E-state index contributed by atoms with van der Waals surface area (Å²) in [6.45, 7) is 2.87. The molecule has 2 aliphatic heterocycles. The zero-order valence-electron chi connectivity index (χ0n) is 11.3. The van der Waals surface area contributed by atoms with Crippen molar-refractivity contribution in [3.05, 3.63) is 22.7 Å². The Kier molecular flexibility index (Phi) is 3.65. The second-order valence-corrected chi connectivity index (χ2v) is 6.91. The molecule has 1 aromatic heterocycles. The largest absolute Gasteiger partial charge is 0.346 e. The van der Waals surface area contributed by atoms with Crippen LogP contribution in [-0.2, 0) is 6.54 Å². The van der Waals surface area contributed by atoms with Crippen LogP contribution in [0.1, 0.15) is 39.0 Å². The summed E-state index contributed by atoms with van der Waals surface area (Å²) in [5.41, 5.74) is 0.0780. The monoisotopic (exact) mass is 325 g/mol. The van der Waals surface area contributed by atoms with Gasteiger partial charge in [0.1, 0.15) is 0 Å². The minimum absolute atomic E-state index is 0.0780. The fourth-order valence-electron chi connectivity index (χ4n) is 3.49. The number of fused-ring (bicyclic) bond motifs is 2. The third kappa shape index (κ3) is 2.33. The maximum Gasteiger partial charge on any atom is 0.293 e. The first-order valence-corrected chi connectivity index (χ1v) is 8.10. The number of aryl methyl sites for hydroxylation is 1. The third-order valence-corrected chi connectivity index (χ3v) is 5.03. The molecule has 0 aliphatic carbocycles. The van der Waals surface area contributed by atoms with Crippen molar-refractivity contribution >= 4 is 21.7 Å². The van der Waals surface area contributed by atoms with Crippen LogP contribution in [0.5, 0.6) is 0 Å². The van der Waals surface area contributed by atoms with Gasteiger partial charge in [-0.05, 0) is 32.1 Å². The van der Waals surface area contributed by atoms with E-state index in [1.54, 1.807) is 17.0 Å². The fourth-order valence-corrected chi connectivity index (χ4v) is 4.35. The summed E-state index contributed by atoms with van der Waals surface area (Å²) in [5, 5.41) is 0. The molecule has 0 radical (unpaired) electrons. The number of aromatic nitrogens is 2. The predicted molar refractivity (Wildman–Crippen MR) is 80.0 cm³/mol. The molecule has 0 aromatic carbocycles. The lowest BCUT2D eigenvalue weighted by Crippen LogP contribution is -2.46. The normalized spacial score (nSPS) is 29.8. The van der Waals surface area contributed by atoms with Crippen LogP contribution >= 0.6 is 15.9 Å². The molecule has 2 aliphatic rings. The van der Waals surface area contributed by atoms with E-state index >= 15 is 0 Å². The first-order chi connectivity index (χ1) is 9.20. The van der Waals surface area contributed by atoms with Gasteiger partial charge in [0.15, 0.2) is 5.82 Å². The van der Waals surface area contributed by atoms with Gasteiger partial charge in [0.25, 0.3) is 5.56 Å². The molecule has 1 aromatic rings. The van der Waals surface area contributed by atoms with Gasteiger partial charge in [-0.3, -0.25) is 4.79 Å². The molecule has 2 saturated heterocycles. The van der Waals surface area contributed by atoms with E-state index in [-0.39, 0.29) is 5.56 Å². The molecule has 4 nitrogen and oxygen atoms in total. The number of alkyl halides is 1. The van der Waals surface area contributed by atoms with E-state index < -0.39 is 0 Å². The predicted octanol–water partition coefficient (Wildman–Crippen LogP) is 2.55. The molecule has 104 valence electrons. The standard InChI is InChI=1S/C14H20BrN3O/c1-2-6-17-7-5-16-13(14(17)19)18-11-3-4-12(18)9-10(15)8-11/h5,7,10-12H,2-4,6,8-9H2,1H3. The van der Waals surface area contributed by atoms with Crippen LogP contribution in [0.3, 0.4) is 0 Å². The number of anilines is 1. The minimum atomic E-state index is 0.0780. The Labute approximate surface area is 122 Å². The zero-order valence-corrected chi connectivity index (χ0v) is 12.8. The van der Waals surface area contributed by atoms with Crippen molar-refractivity contribution in [3.63, 3.8) is 0 Å². The molecule has 0 N–H and O–H groups in total. The van der Waals surface area contributed by atoms with E-state index in [9.17, 15) is 4.79 Å². The van der Waals surface area contributed by atoms with Gasteiger partial charge in [-0.15, -0.1) is 0 Å². The Morgan fingerprint density at radius 2 is 2.05 bits per heavy atom. The van der Waals surface area contributed by atoms with Gasteiger partial charge in [-0.25, -0.2) is 4.98 Å². The lowest BCUT2D eigenvalue weighted by Gasteiger charge is -2.37. The molecule has 3 rings (SSSR count). The third-order valence-electron chi connectivity index (χ3n) is 4.28. The highest BCUT2D eigenvalue weighted by atomic mass is 79.9. The molecule has 0 spiro atoms. The van der Waals surface area contributed by atoms with Crippen molar-refractivity contribution < 1.29 is 0 Å². The summed E-state index contributed by atoms with van der Waals surface area (Å²) in [5.74, 6) is 0.669. The topological polar surface area (TPSA) is 38.1 Å². The Balaban J connectivity index is 1.95. The van der Waals surface area contributed by atoms with Gasteiger partial charge < -0.3 is 9.47 Å². The number of hydrogen-bond acceptors (Lipinski definition) is 3. The maximum atomic E-state index is 12.5. The quantitative estimate of drug-likeness (QED) is 0.801. The highest BCUT2D eigenvalue weighted by Crippen LogP contribution is 2.39. The van der Waals surface area contributed by atoms with Gasteiger partial charge in [-0.1, -0.05) is 22.9 Å². The molecule has 0 amide bonds. The number of piperidine rings is 1. The zero-order chi connectivity index (χ0) is 13.4. The Morgan fingerprint density at radius 1 is 1.37 bits per heavy atom. The summed E-state index contributed by atoms with van der Waals surface area (Å²) in [4.78, 5) is 19.8. The van der Waals surface area contributed by atoms with Gasteiger partial charge in [0, 0.05) is 35.8 Å². The molecular formula is C14H20BrN3O. The molecule has 2 fully saturated rings. The first kappa shape index (κ1) is 13.2. The first-order valence-electron chi connectivity index (χ1n) is 7.18. The summed E-state index contributed by atoms with van der Waals surface area (Å²) in [6, 6.07) is 0.974.